The summed E-state index contributed by atoms with van der Waals surface area (Å²) in [5.41, 5.74) is 2.12. The summed E-state index contributed by atoms with van der Waals surface area (Å²) in [5, 5.41) is 9.06. The van der Waals surface area contributed by atoms with Crippen LogP contribution in [0.4, 0.5) is 0 Å². The summed E-state index contributed by atoms with van der Waals surface area (Å²) in [6, 6.07) is 12.2. The van der Waals surface area contributed by atoms with E-state index in [0.29, 0.717) is 0 Å². The quantitative estimate of drug-likeness (QED) is 0.564. The lowest BCUT2D eigenvalue weighted by Crippen LogP contribution is -1.89. The van der Waals surface area contributed by atoms with E-state index < -0.39 is 0 Å². The summed E-state index contributed by atoms with van der Waals surface area (Å²) in [5.74, 6) is 0. The monoisotopic (exact) mass is 205 g/mol. The Bertz CT molecular complexity index is 573. The molecule has 0 N–H and O–H groups in total. The van der Waals surface area contributed by atoms with Crippen molar-refractivity contribution in [2.45, 2.75) is 0 Å². The predicted octanol–water partition coefficient (Wildman–Crippen LogP) is 2.30. The van der Waals surface area contributed by atoms with Gasteiger partial charge in [0.2, 0.25) is 0 Å². The molecule has 0 saturated heterocycles. The van der Waals surface area contributed by atoms with Crippen molar-refractivity contribution in [3.8, 4) is 0 Å². The molecule has 2 aromatic heterocycles. The number of benzene rings is 1. The Labute approximate surface area is 86.8 Å². The van der Waals surface area contributed by atoms with Crippen molar-refractivity contribution in [2.75, 3.05) is 0 Å². The third-order valence-corrected chi connectivity index (χ3v) is 2.17. The fourth-order valence-electron chi connectivity index (χ4n) is 1.54. The van der Waals surface area contributed by atoms with Crippen LogP contribution in [0, 0.1) is 0 Å². The molecular weight excluding hydrogens is 198 g/mol. The van der Waals surface area contributed by atoms with Crippen molar-refractivity contribution in [1.82, 2.24) is 14.8 Å². The van der Waals surface area contributed by atoms with Crippen LogP contribution in [0.15, 0.2) is 42.6 Å². The summed E-state index contributed by atoms with van der Waals surface area (Å²) in [4.78, 5) is 0. The number of halogens is 1. The highest BCUT2D eigenvalue weighted by molar-refractivity contribution is 5.85. The Balaban J connectivity index is 0.000000750. The summed E-state index contributed by atoms with van der Waals surface area (Å²) < 4.78 is 1.84. The van der Waals surface area contributed by atoms with Crippen LogP contribution in [-0.4, -0.2) is 14.8 Å². The maximum Gasteiger partial charge on any atom is 0.0872 e. The van der Waals surface area contributed by atoms with Gasteiger partial charge in [-0.3, -0.25) is 0 Å². The number of pyridine rings is 1. The number of para-hydroxylation sites is 1. The van der Waals surface area contributed by atoms with Crippen LogP contribution < -0.4 is 0 Å². The van der Waals surface area contributed by atoms with Gasteiger partial charge in [0.1, 0.15) is 0 Å². The molecule has 0 saturated carbocycles. The van der Waals surface area contributed by atoms with Crippen LogP contribution in [0.2, 0.25) is 0 Å². The molecule has 0 aliphatic rings. The van der Waals surface area contributed by atoms with E-state index in [0.717, 1.165) is 11.0 Å². The molecule has 0 radical (unpaired) electrons. The molecule has 0 unspecified atom stereocenters. The second-order valence-electron chi connectivity index (χ2n) is 2.96. The van der Waals surface area contributed by atoms with Gasteiger partial charge in [-0.1, -0.05) is 29.5 Å². The molecule has 3 rings (SSSR count). The normalized spacial score (nSPS) is 10.3. The summed E-state index contributed by atoms with van der Waals surface area (Å²) in [6.45, 7) is 0. The van der Waals surface area contributed by atoms with E-state index in [4.69, 9.17) is 0 Å². The Morgan fingerprint density at radius 2 is 1.86 bits per heavy atom. The first-order chi connectivity index (χ1) is 6.45. The molecule has 14 heavy (non-hydrogen) atoms. The number of hydrogen-bond donors (Lipinski definition) is 0. The van der Waals surface area contributed by atoms with Crippen molar-refractivity contribution < 1.29 is 0 Å². The van der Waals surface area contributed by atoms with Gasteiger partial charge in [-0.05, 0) is 12.1 Å². The highest BCUT2D eigenvalue weighted by Crippen LogP contribution is 2.14. The van der Waals surface area contributed by atoms with Gasteiger partial charge in [0.15, 0.2) is 0 Å². The van der Waals surface area contributed by atoms with Crippen molar-refractivity contribution in [2.24, 2.45) is 0 Å². The van der Waals surface area contributed by atoms with Crippen molar-refractivity contribution in [3.63, 3.8) is 0 Å². The van der Waals surface area contributed by atoms with E-state index in [9.17, 15) is 0 Å². The SMILES string of the molecule is Cl.c1ccc2c(c1)ccc1cnnn12. The molecule has 0 aliphatic carbocycles. The highest BCUT2D eigenvalue weighted by atomic mass is 35.5. The minimum Gasteiger partial charge on any atom is -0.213 e. The molecule has 0 fully saturated rings. The average molecular weight is 206 g/mol. The molecule has 0 bridgehead atoms. The first-order valence-electron chi connectivity index (χ1n) is 4.13. The first-order valence-corrected chi connectivity index (χ1v) is 4.13. The van der Waals surface area contributed by atoms with Crippen LogP contribution in [0.1, 0.15) is 0 Å². The van der Waals surface area contributed by atoms with E-state index in [2.05, 4.69) is 22.4 Å². The molecule has 0 aliphatic heterocycles. The lowest BCUT2D eigenvalue weighted by atomic mass is 10.2. The van der Waals surface area contributed by atoms with Crippen LogP contribution in [0.25, 0.3) is 16.4 Å². The fraction of sp³-hybridized carbons (Fsp3) is 0. The molecule has 0 atom stereocenters. The van der Waals surface area contributed by atoms with Crippen molar-refractivity contribution >= 4 is 28.8 Å². The molecule has 2 heterocycles. The highest BCUT2D eigenvalue weighted by Gasteiger charge is 1.98. The Morgan fingerprint density at radius 1 is 1.00 bits per heavy atom. The minimum absolute atomic E-state index is 0. The summed E-state index contributed by atoms with van der Waals surface area (Å²) in [7, 11) is 0. The van der Waals surface area contributed by atoms with E-state index in [1.54, 1.807) is 6.20 Å². The molecule has 0 spiro atoms. The molecule has 70 valence electrons. The number of rotatable bonds is 0. The van der Waals surface area contributed by atoms with Gasteiger partial charge in [0.05, 0.1) is 17.2 Å². The van der Waals surface area contributed by atoms with Crippen LogP contribution in [0.3, 0.4) is 0 Å². The zero-order valence-corrected chi connectivity index (χ0v) is 8.11. The van der Waals surface area contributed by atoms with Crippen molar-refractivity contribution in [1.29, 1.82) is 0 Å². The van der Waals surface area contributed by atoms with E-state index in [-0.39, 0.29) is 12.4 Å². The average Bonchev–Trinajstić information content (AvgIpc) is 2.65. The zero-order chi connectivity index (χ0) is 8.67. The van der Waals surface area contributed by atoms with Gasteiger partial charge in [0, 0.05) is 5.39 Å². The number of nitrogens with zero attached hydrogens (tertiary/aromatic N) is 3. The third kappa shape index (κ3) is 1.14. The largest absolute Gasteiger partial charge is 0.213 e. The lowest BCUT2D eigenvalue weighted by Gasteiger charge is -1.98. The van der Waals surface area contributed by atoms with Gasteiger partial charge in [0.25, 0.3) is 0 Å². The number of fused-ring (bicyclic) bond motifs is 3. The smallest absolute Gasteiger partial charge is 0.0872 e. The second-order valence-corrected chi connectivity index (χ2v) is 2.96. The topological polar surface area (TPSA) is 30.2 Å². The van der Waals surface area contributed by atoms with Gasteiger partial charge in [-0.2, -0.15) is 0 Å². The van der Waals surface area contributed by atoms with Crippen LogP contribution in [-0.2, 0) is 0 Å². The molecule has 3 aromatic rings. The van der Waals surface area contributed by atoms with Crippen LogP contribution in [0.5, 0.6) is 0 Å². The molecule has 3 nitrogen and oxygen atoms in total. The van der Waals surface area contributed by atoms with Crippen LogP contribution >= 0.6 is 12.4 Å². The predicted molar refractivity (Wildman–Crippen MR) is 57.7 cm³/mol. The van der Waals surface area contributed by atoms with E-state index in [1.165, 1.54) is 5.39 Å². The first kappa shape index (κ1) is 8.97. The maximum atomic E-state index is 4.01. The van der Waals surface area contributed by atoms with Gasteiger partial charge in [-0.15, -0.1) is 17.5 Å². The van der Waals surface area contributed by atoms with Gasteiger partial charge in [-0.25, -0.2) is 4.52 Å². The molecule has 4 heteroatoms. The Kier molecular flexibility index (Phi) is 2.09. The second kappa shape index (κ2) is 3.27. The summed E-state index contributed by atoms with van der Waals surface area (Å²) >= 11 is 0. The Morgan fingerprint density at radius 3 is 2.79 bits per heavy atom. The zero-order valence-electron chi connectivity index (χ0n) is 7.29. The summed E-state index contributed by atoms with van der Waals surface area (Å²) in [6.07, 6.45) is 1.76. The maximum absolute atomic E-state index is 4.01. The Hall–Kier alpha value is -1.61. The molecular formula is C10H8ClN3. The van der Waals surface area contributed by atoms with Gasteiger partial charge >= 0.3 is 0 Å². The van der Waals surface area contributed by atoms with Gasteiger partial charge < -0.3 is 0 Å². The minimum atomic E-state index is 0. The number of hydrogen-bond acceptors (Lipinski definition) is 2. The number of aromatic nitrogens is 3. The molecule has 0 amide bonds. The lowest BCUT2D eigenvalue weighted by molar-refractivity contribution is 0.882. The fourth-order valence-corrected chi connectivity index (χ4v) is 1.54. The van der Waals surface area contributed by atoms with E-state index >= 15 is 0 Å². The van der Waals surface area contributed by atoms with Crippen molar-refractivity contribution in [3.05, 3.63) is 42.6 Å². The van der Waals surface area contributed by atoms with E-state index in [1.807, 2.05) is 28.8 Å². The third-order valence-electron chi connectivity index (χ3n) is 2.17. The molecule has 1 aromatic carbocycles. The standard InChI is InChI=1S/C10H7N3.ClH/c1-2-4-10-8(3-1)5-6-9-7-11-12-13(9)10;/h1-7H;1H.